The van der Waals surface area contributed by atoms with Crippen LogP contribution in [0.15, 0.2) is 23.1 Å². The highest BCUT2D eigenvalue weighted by atomic mass is 32.2. The van der Waals surface area contributed by atoms with Crippen LogP contribution in [-0.4, -0.2) is 24.0 Å². The second-order valence-electron chi connectivity index (χ2n) is 5.94. The van der Waals surface area contributed by atoms with E-state index in [-0.39, 0.29) is 10.9 Å². The summed E-state index contributed by atoms with van der Waals surface area (Å²) < 4.78 is 41.1. The molecule has 1 aromatic heterocycles. The lowest BCUT2D eigenvalue weighted by molar-refractivity contribution is 0.568. The van der Waals surface area contributed by atoms with Gasteiger partial charge in [-0.25, -0.2) is 17.8 Å². The Morgan fingerprint density at radius 2 is 2.00 bits per heavy atom. The van der Waals surface area contributed by atoms with E-state index in [2.05, 4.69) is 28.5 Å². The van der Waals surface area contributed by atoms with Crippen LogP contribution in [0.25, 0.3) is 0 Å². The van der Waals surface area contributed by atoms with E-state index >= 15 is 0 Å². The van der Waals surface area contributed by atoms with E-state index in [1.807, 2.05) is 6.92 Å². The Balaban J connectivity index is 2.13. The molecule has 0 spiro atoms. The first-order valence-corrected chi connectivity index (χ1v) is 9.92. The van der Waals surface area contributed by atoms with Crippen LogP contribution in [0, 0.1) is 11.7 Å². The number of nitrogens with one attached hydrogen (secondary N) is 1. The Hall–Kier alpha value is -1.54. The predicted octanol–water partition coefficient (Wildman–Crippen LogP) is 3.45. The minimum Gasteiger partial charge on any atom is -0.354 e. The van der Waals surface area contributed by atoms with Crippen LogP contribution < -0.4 is 5.32 Å². The number of hydrogen-bond acceptors (Lipinski definition) is 6. The quantitative estimate of drug-likeness (QED) is 0.857. The lowest BCUT2D eigenvalue weighted by Gasteiger charge is -2.14. The summed E-state index contributed by atoms with van der Waals surface area (Å²) >= 11 is 1.26. The molecule has 0 aliphatic carbocycles. The van der Waals surface area contributed by atoms with Crippen LogP contribution in [0.5, 0.6) is 0 Å². The van der Waals surface area contributed by atoms with Gasteiger partial charge >= 0.3 is 0 Å². The van der Waals surface area contributed by atoms with Gasteiger partial charge in [-0.05, 0) is 30.5 Å². The van der Waals surface area contributed by atoms with Crippen LogP contribution >= 0.6 is 11.5 Å². The van der Waals surface area contributed by atoms with E-state index in [0.717, 1.165) is 18.5 Å². The van der Waals surface area contributed by atoms with E-state index in [4.69, 9.17) is 0 Å². The Kier molecular flexibility index (Phi) is 5.36. The van der Waals surface area contributed by atoms with Gasteiger partial charge < -0.3 is 5.32 Å². The molecular weight excluding hydrogens is 337 g/mol. The monoisotopic (exact) mass is 357 g/mol. The van der Waals surface area contributed by atoms with Crippen LogP contribution in [0.4, 0.5) is 9.52 Å². The van der Waals surface area contributed by atoms with Gasteiger partial charge in [0, 0.05) is 24.2 Å². The molecule has 23 heavy (non-hydrogen) atoms. The second kappa shape index (κ2) is 6.92. The van der Waals surface area contributed by atoms with E-state index < -0.39 is 15.7 Å². The van der Waals surface area contributed by atoms with Gasteiger partial charge in [0.1, 0.15) is 16.5 Å². The molecule has 0 bridgehead atoms. The second-order valence-corrected chi connectivity index (χ2v) is 8.68. The molecule has 0 fully saturated rings. The van der Waals surface area contributed by atoms with Crippen LogP contribution in [0.1, 0.15) is 38.2 Å². The molecule has 0 saturated carbocycles. The molecule has 1 heterocycles. The number of benzene rings is 1. The van der Waals surface area contributed by atoms with Crippen LogP contribution in [-0.2, 0) is 16.3 Å². The number of halogens is 1. The maximum absolute atomic E-state index is 14.0. The van der Waals surface area contributed by atoms with Crippen molar-refractivity contribution in [3.63, 3.8) is 0 Å². The highest BCUT2D eigenvalue weighted by Gasteiger charge is 2.16. The number of rotatable bonds is 6. The Morgan fingerprint density at radius 3 is 2.57 bits per heavy atom. The number of aromatic nitrogens is 2. The van der Waals surface area contributed by atoms with Crippen molar-refractivity contribution in [3.8, 4) is 0 Å². The maximum atomic E-state index is 14.0. The molecule has 5 nitrogen and oxygen atoms in total. The first-order chi connectivity index (χ1) is 10.7. The molecule has 2 rings (SSSR count). The highest BCUT2D eigenvalue weighted by Crippen LogP contribution is 2.24. The molecule has 1 atom stereocenters. The van der Waals surface area contributed by atoms with Crippen molar-refractivity contribution in [2.75, 3.05) is 11.6 Å². The molecule has 1 N–H and O–H groups in total. The van der Waals surface area contributed by atoms with Crippen molar-refractivity contribution in [2.24, 2.45) is 5.92 Å². The summed E-state index contributed by atoms with van der Waals surface area (Å²) in [7, 11) is -3.56. The van der Waals surface area contributed by atoms with E-state index in [1.165, 1.54) is 23.7 Å². The van der Waals surface area contributed by atoms with Gasteiger partial charge in [0.2, 0.25) is 5.13 Å². The van der Waals surface area contributed by atoms with Crippen LogP contribution in [0.2, 0.25) is 0 Å². The molecule has 0 saturated heterocycles. The third kappa shape index (κ3) is 4.71. The lowest BCUT2D eigenvalue weighted by Crippen LogP contribution is -2.08. The van der Waals surface area contributed by atoms with Crippen molar-refractivity contribution in [2.45, 2.75) is 38.1 Å². The Bertz CT molecular complexity index is 788. The van der Waals surface area contributed by atoms with Crippen molar-refractivity contribution in [1.82, 2.24) is 9.36 Å². The van der Waals surface area contributed by atoms with Gasteiger partial charge in [-0.2, -0.15) is 4.37 Å². The van der Waals surface area contributed by atoms with E-state index in [1.54, 1.807) is 6.07 Å². The van der Waals surface area contributed by atoms with Crippen molar-refractivity contribution in [1.29, 1.82) is 0 Å². The molecule has 2 aromatic rings. The largest absolute Gasteiger partial charge is 0.354 e. The minimum atomic E-state index is -3.56. The molecule has 8 heteroatoms. The van der Waals surface area contributed by atoms with Gasteiger partial charge in [-0.1, -0.05) is 19.9 Å². The fraction of sp³-hybridized carbons (Fsp3) is 0.467. The fourth-order valence-electron chi connectivity index (χ4n) is 2.12. The summed E-state index contributed by atoms with van der Waals surface area (Å²) in [6, 6.07) is 3.93. The summed E-state index contributed by atoms with van der Waals surface area (Å²) in [5, 5.41) is 3.83. The molecule has 0 aliphatic heterocycles. The lowest BCUT2D eigenvalue weighted by atomic mass is 10.1. The van der Waals surface area contributed by atoms with Gasteiger partial charge in [0.05, 0.1) is 6.04 Å². The van der Waals surface area contributed by atoms with Crippen LogP contribution in [0.3, 0.4) is 0 Å². The average molecular weight is 357 g/mol. The van der Waals surface area contributed by atoms with E-state index in [9.17, 15) is 12.8 Å². The fourth-order valence-corrected chi connectivity index (χ4v) is 3.53. The van der Waals surface area contributed by atoms with Gasteiger partial charge in [-0.3, -0.25) is 0 Å². The molecular formula is C15H20FN3O2S2. The summed E-state index contributed by atoms with van der Waals surface area (Å²) in [4.78, 5) is 4.11. The van der Waals surface area contributed by atoms with E-state index in [0.29, 0.717) is 16.6 Å². The highest BCUT2D eigenvalue weighted by molar-refractivity contribution is 7.90. The molecule has 126 valence electrons. The normalized spacial score (nSPS) is 13.3. The number of hydrogen-bond donors (Lipinski definition) is 1. The average Bonchev–Trinajstić information content (AvgIpc) is 2.83. The SMILES string of the molecule is CC(C)Cc1nsc(NC(C)c2ccc(S(C)(=O)=O)c(F)c2)n1. The van der Waals surface area contributed by atoms with Crippen molar-refractivity contribution >= 4 is 26.5 Å². The zero-order valence-electron chi connectivity index (χ0n) is 13.5. The third-order valence-electron chi connectivity index (χ3n) is 3.25. The maximum Gasteiger partial charge on any atom is 0.203 e. The van der Waals surface area contributed by atoms with Gasteiger partial charge in [0.15, 0.2) is 9.84 Å². The summed E-state index contributed by atoms with van der Waals surface area (Å²) in [6.07, 6.45) is 1.80. The molecule has 0 amide bonds. The Labute approximate surface area is 140 Å². The summed E-state index contributed by atoms with van der Waals surface area (Å²) in [5.74, 6) is 0.530. The predicted molar refractivity (Wildman–Crippen MR) is 90.0 cm³/mol. The number of anilines is 1. The zero-order valence-corrected chi connectivity index (χ0v) is 15.1. The Morgan fingerprint density at radius 1 is 1.30 bits per heavy atom. The first kappa shape index (κ1) is 17.8. The summed E-state index contributed by atoms with van der Waals surface area (Å²) in [6.45, 7) is 6.06. The van der Waals surface area contributed by atoms with Gasteiger partial charge in [0.25, 0.3) is 0 Å². The molecule has 1 aromatic carbocycles. The smallest absolute Gasteiger partial charge is 0.203 e. The number of sulfone groups is 1. The van der Waals surface area contributed by atoms with Crippen molar-refractivity contribution in [3.05, 3.63) is 35.4 Å². The minimum absolute atomic E-state index is 0.210. The number of nitrogens with zero attached hydrogens (tertiary/aromatic N) is 2. The first-order valence-electron chi connectivity index (χ1n) is 7.25. The standard InChI is InChI=1S/C15H20FN3O2S2/c1-9(2)7-14-18-15(22-19-14)17-10(3)11-5-6-13(12(16)8-11)23(4,20)21/h5-6,8-10H,7H2,1-4H3,(H,17,18,19). The topological polar surface area (TPSA) is 72.0 Å². The molecule has 0 aliphatic rings. The zero-order chi connectivity index (χ0) is 17.2. The third-order valence-corrected chi connectivity index (χ3v) is 5.07. The molecule has 0 radical (unpaired) electrons. The van der Waals surface area contributed by atoms with Crippen molar-refractivity contribution < 1.29 is 12.8 Å². The molecule has 1 unspecified atom stereocenters. The van der Waals surface area contributed by atoms with Gasteiger partial charge in [-0.15, -0.1) is 0 Å². The summed E-state index contributed by atoms with van der Waals surface area (Å²) in [5.41, 5.74) is 0.649.